The zero-order chi connectivity index (χ0) is 18.0. The normalized spacial score (nSPS) is 29.5. The molecule has 25 heavy (non-hydrogen) atoms. The van der Waals surface area contributed by atoms with E-state index in [-0.39, 0.29) is 36.1 Å². The van der Waals surface area contributed by atoms with Crippen molar-refractivity contribution < 1.29 is 19.1 Å². The lowest BCUT2D eigenvalue weighted by molar-refractivity contribution is -0.137. The van der Waals surface area contributed by atoms with Crippen molar-refractivity contribution in [2.75, 3.05) is 25.7 Å². The van der Waals surface area contributed by atoms with Crippen LogP contribution in [0.2, 0.25) is 0 Å². The topological polar surface area (TPSA) is 59.1 Å². The van der Waals surface area contributed by atoms with E-state index >= 15 is 0 Å². The van der Waals surface area contributed by atoms with E-state index in [0.29, 0.717) is 25.1 Å². The molecule has 1 heterocycles. The first-order valence-electron chi connectivity index (χ1n) is 8.48. The van der Waals surface area contributed by atoms with Crippen molar-refractivity contribution >= 4 is 17.6 Å². The number of ether oxygens (including phenoxy) is 2. The van der Waals surface area contributed by atoms with Gasteiger partial charge in [0.05, 0.1) is 23.8 Å². The largest absolute Gasteiger partial charge is 0.379 e. The molecule has 0 radical (unpaired) electrons. The molecule has 1 aliphatic heterocycles. The van der Waals surface area contributed by atoms with Crippen LogP contribution in [-0.4, -0.2) is 55.9 Å². The number of hydrogen-bond acceptors (Lipinski definition) is 4. The molecule has 1 saturated carbocycles. The molecule has 1 aromatic rings. The van der Waals surface area contributed by atoms with Crippen LogP contribution in [0.25, 0.3) is 0 Å². The Bertz CT molecular complexity index is 648. The van der Waals surface area contributed by atoms with Crippen molar-refractivity contribution in [1.29, 1.82) is 0 Å². The van der Waals surface area contributed by atoms with Crippen LogP contribution in [0.1, 0.15) is 12.8 Å². The number of para-hydroxylation sites is 1. The summed E-state index contributed by atoms with van der Waals surface area (Å²) in [7, 11) is 3.27. The van der Waals surface area contributed by atoms with E-state index in [2.05, 4.69) is 6.58 Å². The summed E-state index contributed by atoms with van der Waals surface area (Å²) in [6.07, 6.45) is 2.50. The number of nitrogens with zero attached hydrogens (tertiary/aromatic N) is 2. The van der Waals surface area contributed by atoms with Gasteiger partial charge in [-0.3, -0.25) is 4.79 Å². The Balaban J connectivity index is 1.98. The number of amides is 3. The second-order valence-corrected chi connectivity index (χ2v) is 6.43. The molecule has 4 unspecified atom stereocenters. The lowest BCUT2D eigenvalue weighted by Gasteiger charge is -2.49. The molecule has 2 fully saturated rings. The summed E-state index contributed by atoms with van der Waals surface area (Å²) < 4.78 is 11.1. The summed E-state index contributed by atoms with van der Waals surface area (Å²) in [4.78, 5) is 29.2. The highest BCUT2D eigenvalue weighted by Crippen LogP contribution is 2.38. The minimum atomic E-state index is -0.311. The van der Waals surface area contributed by atoms with Gasteiger partial charge in [-0.25, -0.2) is 9.69 Å². The molecule has 1 aromatic carbocycles. The number of imide groups is 1. The summed E-state index contributed by atoms with van der Waals surface area (Å²) >= 11 is 0. The van der Waals surface area contributed by atoms with E-state index in [1.54, 1.807) is 37.3 Å². The van der Waals surface area contributed by atoms with Gasteiger partial charge in [0.25, 0.3) is 0 Å². The number of urea groups is 1. The van der Waals surface area contributed by atoms with Crippen molar-refractivity contribution in [2.45, 2.75) is 31.1 Å². The number of hydrogen-bond donors (Lipinski definition) is 0. The Hall–Kier alpha value is -2.18. The fourth-order valence-corrected chi connectivity index (χ4v) is 3.92. The SMILES string of the molecule is C=CCN1C(=O)N(c2ccccc2)C(=O)C2CC(OC)C(OC)CC21. The molecule has 3 amide bonds. The van der Waals surface area contributed by atoms with Gasteiger partial charge >= 0.3 is 6.03 Å². The molecule has 3 rings (SSSR count). The van der Waals surface area contributed by atoms with Crippen LogP contribution in [0.5, 0.6) is 0 Å². The third-order valence-electron chi connectivity index (χ3n) is 5.16. The highest BCUT2D eigenvalue weighted by Gasteiger charge is 2.51. The zero-order valence-electron chi connectivity index (χ0n) is 14.6. The number of benzene rings is 1. The maximum absolute atomic E-state index is 13.1. The first kappa shape index (κ1) is 17.6. The number of anilines is 1. The molecule has 0 N–H and O–H groups in total. The first-order valence-corrected chi connectivity index (χ1v) is 8.48. The van der Waals surface area contributed by atoms with E-state index < -0.39 is 0 Å². The van der Waals surface area contributed by atoms with Crippen molar-refractivity contribution in [3.05, 3.63) is 43.0 Å². The maximum atomic E-state index is 13.1. The Morgan fingerprint density at radius 1 is 1.12 bits per heavy atom. The van der Waals surface area contributed by atoms with Crippen LogP contribution in [0.15, 0.2) is 43.0 Å². The van der Waals surface area contributed by atoms with Crippen molar-refractivity contribution in [1.82, 2.24) is 4.90 Å². The molecule has 4 atom stereocenters. The van der Waals surface area contributed by atoms with Gasteiger partial charge in [-0.05, 0) is 25.0 Å². The maximum Gasteiger partial charge on any atom is 0.331 e. The Morgan fingerprint density at radius 3 is 2.36 bits per heavy atom. The molecule has 6 nitrogen and oxygen atoms in total. The quantitative estimate of drug-likeness (QED) is 0.770. The molecule has 1 saturated heterocycles. The lowest BCUT2D eigenvalue weighted by Crippen LogP contribution is -2.65. The Labute approximate surface area is 148 Å². The van der Waals surface area contributed by atoms with Gasteiger partial charge in [-0.1, -0.05) is 24.3 Å². The molecular weight excluding hydrogens is 320 g/mol. The van der Waals surface area contributed by atoms with E-state index in [9.17, 15) is 9.59 Å². The molecule has 6 heteroatoms. The molecule has 134 valence electrons. The zero-order valence-corrected chi connectivity index (χ0v) is 14.6. The van der Waals surface area contributed by atoms with Gasteiger partial charge < -0.3 is 14.4 Å². The summed E-state index contributed by atoms with van der Waals surface area (Å²) in [6, 6.07) is 8.54. The Morgan fingerprint density at radius 2 is 1.76 bits per heavy atom. The van der Waals surface area contributed by atoms with E-state index in [1.807, 2.05) is 18.2 Å². The Kier molecular flexibility index (Phi) is 5.20. The van der Waals surface area contributed by atoms with Crippen molar-refractivity contribution in [3.63, 3.8) is 0 Å². The number of carbonyl (C=O) groups is 2. The van der Waals surface area contributed by atoms with Gasteiger partial charge in [0.15, 0.2) is 0 Å². The van der Waals surface area contributed by atoms with Crippen LogP contribution < -0.4 is 4.90 Å². The predicted molar refractivity (Wildman–Crippen MR) is 94.3 cm³/mol. The summed E-state index contributed by atoms with van der Waals surface area (Å²) in [6.45, 7) is 4.15. The molecule has 2 aliphatic rings. The molecule has 1 aliphatic carbocycles. The van der Waals surface area contributed by atoms with Crippen LogP contribution in [0.4, 0.5) is 10.5 Å². The lowest BCUT2D eigenvalue weighted by atomic mass is 9.78. The minimum Gasteiger partial charge on any atom is -0.379 e. The van der Waals surface area contributed by atoms with Gasteiger partial charge in [0.1, 0.15) is 0 Å². The van der Waals surface area contributed by atoms with E-state index in [4.69, 9.17) is 9.47 Å². The average molecular weight is 344 g/mol. The third-order valence-corrected chi connectivity index (χ3v) is 5.16. The molecule has 0 spiro atoms. The second kappa shape index (κ2) is 7.37. The van der Waals surface area contributed by atoms with Crippen molar-refractivity contribution in [3.8, 4) is 0 Å². The average Bonchev–Trinajstić information content (AvgIpc) is 2.65. The monoisotopic (exact) mass is 344 g/mol. The summed E-state index contributed by atoms with van der Waals surface area (Å²) in [5.74, 6) is -0.479. The smallest absolute Gasteiger partial charge is 0.331 e. The first-order chi connectivity index (χ1) is 12.1. The highest BCUT2D eigenvalue weighted by molar-refractivity contribution is 6.17. The molecule has 0 aromatic heterocycles. The number of rotatable bonds is 5. The summed E-state index contributed by atoms with van der Waals surface area (Å²) in [5.41, 5.74) is 0.591. The fourth-order valence-electron chi connectivity index (χ4n) is 3.92. The highest BCUT2D eigenvalue weighted by atomic mass is 16.5. The second-order valence-electron chi connectivity index (χ2n) is 6.43. The minimum absolute atomic E-state index is 0.137. The fraction of sp³-hybridized carbons (Fsp3) is 0.474. The number of carbonyl (C=O) groups excluding carboxylic acids is 2. The standard InChI is InChI=1S/C19H24N2O4/c1-4-10-20-15-12-17(25-3)16(24-2)11-14(15)18(22)21(19(20)23)13-8-6-5-7-9-13/h4-9,14-17H,1,10-12H2,2-3H3. The van der Waals surface area contributed by atoms with Crippen LogP contribution in [0, 0.1) is 5.92 Å². The molecule has 0 bridgehead atoms. The van der Waals surface area contributed by atoms with Gasteiger partial charge in [-0.2, -0.15) is 0 Å². The van der Waals surface area contributed by atoms with Gasteiger partial charge in [0.2, 0.25) is 5.91 Å². The predicted octanol–water partition coefficient (Wildman–Crippen LogP) is 2.45. The summed E-state index contributed by atoms with van der Waals surface area (Å²) in [5, 5.41) is 0. The van der Waals surface area contributed by atoms with E-state index in [1.165, 1.54) is 4.90 Å². The molecular formula is C19H24N2O4. The van der Waals surface area contributed by atoms with Crippen LogP contribution >= 0.6 is 0 Å². The van der Waals surface area contributed by atoms with E-state index in [0.717, 1.165) is 0 Å². The van der Waals surface area contributed by atoms with Gasteiger partial charge in [-0.15, -0.1) is 6.58 Å². The van der Waals surface area contributed by atoms with Crippen LogP contribution in [0.3, 0.4) is 0 Å². The third kappa shape index (κ3) is 3.07. The van der Waals surface area contributed by atoms with Gasteiger partial charge in [0, 0.05) is 26.8 Å². The van der Waals surface area contributed by atoms with Crippen molar-refractivity contribution in [2.24, 2.45) is 5.92 Å². The van der Waals surface area contributed by atoms with Crippen LogP contribution in [-0.2, 0) is 14.3 Å². The number of methoxy groups -OCH3 is 2. The number of fused-ring (bicyclic) bond motifs is 1.